The third-order valence-electron chi connectivity index (χ3n) is 3.21. The Labute approximate surface area is 93.8 Å². The maximum atomic E-state index is 5.86. The highest BCUT2D eigenvalue weighted by molar-refractivity contribution is 9.10. The lowest BCUT2D eigenvalue weighted by molar-refractivity contribution is 0.695. The van der Waals surface area contributed by atoms with E-state index in [9.17, 15) is 0 Å². The number of halogens is 1. The topological polar surface area (TPSA) is 26.0 Å². The average molecular weight is 254 g/mol. The van der Waals surface area contributed by atoms with Crippen LogP contribution in [0.1, 0.15) is 29.5 Å². The van der Waals surface area contributed by atoms with Gasteiger partial charge in [0, 0.05) is 16.4 Å². The molecule has 14 heavy (non-hydrogen) atoms. The summed E-state index contributed by atoms with van der Waals surface area (Å²) in [5.41, 5.74) is 10.3. The molecular formula is C12H16BrN. The number of aryl methyl sites for hydroxylation is 2. The van der Waals surface area contributed by atoms with E-state index in [4.69, 9.17) is 5.73 Å². The molecule has 2 N–H and O–H groups in total. The van der Waals surface area contributed by atoms with E-state index in [0.29, 0.717) is 0 Å². The standard InChI is InChI=1S/C12H16BrN/c1-8-5-9(2)11(10(13)6-8)12(7-14)3-4-12/h5-6H,3-4,7,14H2,1-2H3. The van der Waals surface area contributed by atoms with Gasteiger partial charge in [0.25, 0.3) is 0 Å². The SMILES string of the molecule is Cc1cc(C)c(C2(CN)CC2)c(Br)c1. The highest BCUT2D eigenvalue weighted by Gasteiger charge is 2.44. The zero-order chi connectivity index (χ0) is 10.3. The fourth-order valence-corrected chi connectivity index (χ4v) is 3.39. The molecule has 0 amide bonds. The van der Waals surface area contributed by atoms with E-state index in [1.54, 1.807) is 0 Å². The van der Waals surface area contributed by atoms with Crippen molar-refractivity contribution in [3.05, 3.63) is 33.3 Å². The summed E-state index contributed by atoms with van der Waals surface area (Å²) in [6.07, 6.45) is 2.48. The van der Waals surface area contributed by atoms with E-state index in [0.717, 1.165) is 6.54 Å². The fraction of sp³-hybridized carbons (Fsp3) is 0.500. The van der Waals surface area contributed by atoms with Gasteiger partial charge in [0.2, 0.25) is 0 Å². The molecule has 76 valence electrons. The van der Waals surface area contributed by atoms with Gasteiger partial charge in [-0.25, -0.2) is 0 Å². The molecule has 0 aliphatic heterocycles. The van der Waals surface area contributed by atoms with Gasteiger partial charge in [-0.2, -0.15) is 0 Å². The summed E-state index contributed by atoms with van der Waals surface area (Å²) >= 11 is 3.66. The smallest absolute Gasteiger partial charge is 0.0218 e. The number of hydrogen-bond donors (Lipinski definition) is 1. The molecule has 0 heterocycles. The van der Waals surface area contributed by atoms with Crippen molar-refractivity contribution in [1.29, 1.82) is 0 Å². The predicted octanol–water partition coefficient (Wildman–Crippen LogP) is 3.06. The van der Waals surface area contributed by atoms with Crippen molar-refractivity contribution in [3.63, 3.8) is 0 Å². The molecule has 1 fully saturated rings. The van der Waals surface area contributed by atoms with Crippen LogP contribution in [0.3, 0.4) is 0 Å². The van der Waals surface area contributed by atoms with Gasteiger partial charge in [-0.15, -0.1) is 0 Å². The molecule has 0 atom stereocenters. The van der Waals surface area contributed by atoms with Crippen molar-refractivity contribution in [2.24, 2.45) is 5.73 Å². The normalized spacial score (nSPS) is 18.3. The zero-order valence-corrected chi connectivity index (χ0v) is 10.3. The van der Waals surface area contributed by atoms with Crippen LogP contribution in [0.15, 0.2) is 16.6 Å². The number of rotatable bonds is 2. The Hall–Kier alpha value is -0.340. The van der Waals surface area contributed by atoms with E-state index < -0.39 is 0 Å². The molecule has 0 unspecified atom stereocenters. The maximum Gasteiger partial charge on any atom is 0.0218 e. The molecule has 0 spiro atoms. The van der Waals surface area contributed by atoms with Gasteiger partial charge in [-0.05, 0) is 49.4 Å². The second-order valence-electron chi connectivity index (χ2n) is 4.42. The molecule has 1 aliphatic carbocycles. The van der Waals surface area contributed by atoms with E-state index in [1.807, 2.05) is 0 Å². The Morgan fingerprint density at radius 1 is 1.36 bits per heavy atom. The highest BCUT2D eigenvalue weighted by atomic mass is 79.9. The summed E-state index contributed by atoms with van der Waals surface area (Å²) in [5.74, 6) is 0. The molecule has 1 saturated carbocycles. The molecule has 0 bridgehead atoms. The van der Waals surface area contributed by atoms with Crippen LogP contribution < -0.4 is 5.73 Å². The monoisotopic (exact) mass is 253 g/mol. The largest absolute Gasteiger partial charge is 0.330 e. The maximum absolute atomic E-state index is 5.86. The summed E-state index contributed by atoms with van der Waals surface area (Å²) in [5, 5.41) is 0. The van der Waals surface area contributed by atoms with Gasteiger partial charge in [0.05, 0.1) is 0 Å². The molecule has 0 radical (unpaired) electrons. The summed E-state index contributed by atoms with van der Waals surface area (Å²) in [4.78, 5) is 0. The first-order valence-electron chi connectivity index (χ1n) is 5.06. The van der Waals surface area contributed by atoms with Gasteiger partial charge >= 0.3 is 0 Å². The molecule has 1 aromatic carbocycles. The molecule has 0 aromatic heterocycles. The van der Waals surface area contributed by atoms with Gasteiger partial charge in [-0.3, -0.25) is 0 Å². The molecular weight excluding hydrogens is 238 g/mol. The molecule has 0 saturated heterocycles. The fourth-order valence-electron chi connectivity index (χ4n) is 2.29. The molecule has 1 aliphatic rings. The quantitative estimate of drug-likeness (QED) is 0.862. The van der Waals surface area contributed by atoms with Gasteiger partial charge in [-0.1, -0.05) is 22.0 Å². The van der Waals surface area contributed by atoms with Crippen molar-refractivity contribution >= 4 is 15.9 Å². The third-order valence-corrected chi connectivity index (χ3v) is 3.83. The minimum Gasteiger partial charge on any atom is -0.330 e. The molecule has 1 nitrogen and oxygen atoms in total. The third kappa shape index (κ3) is 1.51. The van der Waals surface area contributed by atoms with Gasteiger partial charge < -0.3 is 5.73 Å². The van der Waals surface area contributed by atoms with Crippen LogP contribution in [0.5, 0.6) is 0 Å². The van der Waals surface area contributed by atoms with E-state index in [2.05, 4.69) is 41.9 Å². The first kappa shape index (κ1) is 10.2. The first-order chi connectivity index (χ1) is 6.59. The summed E-state index contributed by atoms with van der Waals surface area (Å²) in [7, 11) is 0. The predicted molar refractivity (Wildman–Crippen MR) is 63.6 cm³/mol. The van der Waals surface area contributed by atoms with Crippen molar-refractivity contribution in [2.45, 2.75) is 32.1 Å². The molecule has 1 aromatic rings. The van der Waals surface area contributed by atoms with Crippen LogP contribution in [0.25, 0.3) is 0 Å². The Morgan fingerprint density at radius 3 is 2.43 bits per heavy atom. The Morgan fingerprint density at radius 2 is 2.00 bits per heavy atom. The van der Waals surface area contributed by atoms with Crippen LogP contribution in [-0.2, 0) is 5.41 Å². The van der Waals surface area contributed by atoms with Crippen molar-refractivity contribution < 1.29 is 0 Å². The lowest BCUT2D eigenvalue weighted by Gasteiger charge is -2.18. The zero-order valence-electron chi connectivity index (χ0n) is 8.73. The second kappa shape index (κ2) is 3.35. The first-order valence-corrected chi connectivity index (χ1v) is 5.86. The van der Waals surface area contributed by atoms with Gasteiger partial charge in [0.1, 0.15) is 0 Å². The minimum absolute atomic E-state index is 0.288. The van der Waals surface area contributed by atoms with Crippen LogP contribution in [-0.4, -0.2) is 6.54 Å². The number of benzene rings is 1. The van der Waals surface area contributed by atoms with E-state index in [1.165, 1.54) is 34.0 Å². The highest BCUT2D eigenvalue weighted by Crippen LogP contribution is 2.50. The van der Waals surface area contributed by atoms with E-state index >= 15 is 0 Å². The summed E-state index contributed by atoms with van der Waals surface area (Å²) in [6, 6.07) is 4.44. The van der Waals surface area contributed by atoms with Crippen LogP contribution in [0, 0.1) is 13.8 Å². The summed E-state index contributed by atoms with van der Waals surface area (Å²) in [6.45, 7) is 5.09. The minimum atomic E-state index is 0.288. The number of nitrogens with two attached hydrogens (primary N) is 1. The molecule has 2 rings (SSSR count). The Bertz CT molecular complexity index is 344. The van der Waals surface area contributed by atoms with Crippen LogP contribution in [0.2, 0.25) is 0 Å². The van der Waals surface area contributed by atoms with Crippen molar-refractivity contribution in [3.8, 4) is 0 Å². The average Bonchev–Trinajstić information content (AvgIpc) is 2.83. The molecule has 2 heteroatoms. The van der Waals surface area contributed by atoms with Crippen LogP contribution in [0.4, 0.5) is 0 Å². The van der Waals surface area contributed by atoms with Crippen molar-refractivity contribution in [1.82, 2.24) is 0 Å². The van der Waals surface area contributed by atoms with Crippen LogP contribution >= 0.6 is 15.9 Å². The van der Waals surface area contributed by atoms with Crippen molar-refractivity contribution in [2.75, 3.05) is 6.54 Å². The lowest BCUT2D eigenvalue weighted by Crippen LogP contribution is -2.21. The summed E-state index contributed by atoms with van der Waals surface area (Å²) < 4.78 is 1.23. The van der Waals surface area contributed by atoms with Gasteiger partial charge in [0.15, 0.2) is 0 Å². The Balaban J connectivity index is 2.53. The number of hydrogen-bond acceptors (Lipinski definition) is 1. The lowest BCUT2D eigenvalue weighted by atomic mass is 9.91. The van der Waals surface area contributed by atoms with E-state index in [-0.39, 0.29) is 5.41 Å². The Kier molecular flexibility index (Phi) is 2.44. The second-order valence-corrected chi connectivity index (χ2v) is 5.28.